The molecule has 2 aromatic carbocycles. The molecule has 1 aliphatic rings. The molecule has 0 N–H and O–H groups in total. The molecule has 0 aliphatic carbocycles. The Labute approximate surface area is 121 Å². The van der Waals surface area contributed by atoms with E-state index in [2.05, 4.69) is 53.4 Å². The monoisotopic (exact) mass is 267 g/mol. The van der Waals surface area contributed by atoms with Crippen molar-refractivity contribution < 1.29 is 4.74 Å². The Morgan fingerprint density at radius 2 is 1.90 bits per heavy atom. The fraction of sp³-hybridized carbons (Fsp3) is 0.333. The van der Waals surface area contributed by atoms with E-state index in [1.54, 1.807) is 7.11 Å². The predicted octanol–water partition coefficient (Wildman–Crippen LogP) is 3.30. The summed E-state index contributed by atoms with van der Waals surface area (Å²) in [4.78, 5) is 2.53. The Kier molecular flexibility index (Phi) is 4.03. The molecule has 2 aromatic rings. The number of hydrogen-bond acceptors (Lipinski definition) is 2. The minimum atomic E-state index is 1.01. The molecular formula is C18H21NO. The van der Waals surface area contributed by atoms with Gasteiger partial charge in [-0.15, -0.1) is 0 Å². The average molecular weight is 267 g/mol. The Morgan fingerprint density at radius 3 is 2.70 bits per heavy atom. The van der Waals surface area contributed by atoms with Crippen molar-refractivity contribution in [2.45, 2.75) is 19.4 Å². The first-order valence-corrected chi connectivity index (χ1v) is 7.28. The summed E-state index contributed by atoms with van der Waals surface area (Å²) in [6.07, 6.45) is 2.24. The fourth-order valence-electron chi connectivity index (χ4n) is 2.92. The van der Waals surface area contributed by atoms with Crippen molar-refractivity contribution in [3.8, 4) is 5.75 Å². The number of benzene rings is 2. The lowest BCUT2D eigenvalue weighted by Gasteiger charge is -2.29. The quantitative estimate of drug-likeness (QED) is 0.843. The van der Waals surface area contributed by atoms with Crippen LogP contribution in [0.1, 0.15) is 16.7 Å². The molecule has 1 aliphatic heterocycles. The Morgan fingerprint density at radius 1 is 1.05 bits per heavy atom. The Hall–Kier alpha value is -1.80. The van der Waals surface area contributed by atoms with Gasteiger partial charge in [-0.3, -0.25) is 4.90 Å². The van der Waals surface area contributed by atoms with Crippen molar-refractivity contribution in [2.24, 2.45) is 0 Å². The van der Waals surface area contributed by atoms with Crippen LogP contribution in [0.3, 0.4) is 0 Å². The maximum atomic E-state index is 5.50. The SMILES string of the molecule is COc1cccc2c1CN(CCc1ccccc1)CC2. The highest BCUT2D eigenvalue weighted by Gasteiger charge is 2.18. The van der Waals surface area contributed by atoms with E-state index < -0.39 is 0 Å². The second-order valence-corrected chi connectivity index (χ2v) is 5.36. The summed E-state index contributed by atoms with van der Waals surface area (Å²) < 4.78 is 5.50. The van der Waals surface area contributed by atoms with Gasteiger partial charge in [-0.1, -0.05) is 42.5 Å². The summed E-state index contributed by atoms with van der Waals surface area (Å²) in [6.45, 7) is 3.26. The van der Waals surface area contributed by atoms with Gasteiger partial charge >= 0.3 is 0 Å². The van der Waals surface area contributed by atoms with Gasteiger partial charge in [-0.2, -0.15) is 0 Å². The highest BCUT2D eigenvalue weighted by molar-refractivity contribution is 5.41. The first-order valence-electron chi connectivity index (χ1n) is 7.28. The van der Waals surface area contributed by atoms with E-state index in [-0.39, 0.29) is 0 Å². The molecule has 0 saturated carbocycles. The molecule has 0 atom stereocenters. The summed E-state index contributed by atoms with van der Waals surface area (Å²) in [5, 5.41) is 0. The summed E-state index contributed by atoms with van der Waals surface area (Å²) in [5.41, 5.74) is 4.23. The highest BCUT2D eigenvalue weighted by atomic mass is 16.5. The second kappa shape index (κ2) is 6.10. The van der Waals surface area contributed by atoms with Crippen LogP contribution < -0.4 is 4.74 Å². The van der Waals surface area contributed by atoms with Crippen LogP contribution in [0.4, 0.5) is 0 Å². The molecule has 0 radical (unpaired) electrons. The third-order valence-electron chi connectivity index (χ3n) is 4.09. The molecule has 0 unspecified atom stereocenters. The third kappa shape index (κ3) is 2.86. The van der Waals surface area contributed by atoms with Crippen LogP contribution in [-0.2, 0) is 19.4 Å². The molecule has 0 spiro atoms. The van der Waals surface area contributed by atoms with Gasteiger partial charge < -0.3 is 4.74 Å². The Balaban J connectivity index is 1.66. The van der Waals surface area contributed by atoms with Gasteiger partial charge in [0.25, 0.3) is 0 Å². The maximum Gasteiger partial charge on any atom is 0.123 e. The fourth-order valence-corrected chi connectivity index (χ4v) is 2.92. The number of nitrogens with zero attached hydrogens (tertiary/aromatic N) is 1. The van der Waals surface area contributed by atoms with Crippen LogP contribution in [0, 0.1) is 0 Å². The Bertz CT molecular complexity index is 551. The minimum Gasteiger partial charge on any atom is -0.496 e. The zero-order valence-electron chi connectivity index (χ0n) is 12.0. The molecule has 0 saturated heterocycles. The van der Waals surface area contributed by atoms with Crippen molar-refractivity contribution in [1.29, 1.82) is 0 Å². The van der Waals surface area contributed by atoms with Crippen LogP contribution in [0.5, 0.6) is 5.75 Å². The standard InChI is InChI=1S/C18H21NO/c1-20-18-9-5-8-16-11-13-19(14-17(16)18)12-10-15-6-3-2-4-7-15/h2-9H,10-14H2,1H3. The first-order chi connectivity index (χ1) is 9.86. The van der Waals surface area contributed by atoms with E-state index in [1.165, 1.54) is 16.7 Å². The summed E-state index contributed by atoms with van der Waals surface area (Å²) >= 11 is 0. The molecule has 0 aromatic heterocycles. The van der Waals surface area contributed by atoms with E-state index in [0.29, 0.717) is 0 Å². The predicted molar refractivity (Wildman–Crippen MR) is 82.1 cm³/mol. The second-order valence-electron chi connectivity index (χ2n) is 5.36. The van der Waals surface area contributed by atoms with Gasteiger partial charge in [0.05, 0.1) is 7.11 Å². The van der Waals surface area contributed by atoms with Crippen LogP contribution >= 0.6 is 0 Å². The number of fused-ring (bicyclic) bond motifs is 1. The zero-order valence-corrected chi connectivity index (χ0v) is 12.0. The first kappa shape index (κ1) is 13.2. The van der Waals surface area contributed by atoms with Gasteiger partial charge in [-0.25, -0.2) is 0 Å². The van der Waals surface area contributed by atoms with Crippen LogP contribution in [0.2, 0.25) is 0 Å². The highest BCUT2D eigenvalue weighted by Crippen LogP contribution is 2.27. The molecule has 0 amide bonds. The molecular weight excluding hydrogens is 246 g/mol. The van der Waals surface area contributed by atoms with Crippen molar-refractivity contribution in [2.75, 3.05) is 20.2 Å². The van der Waals surface area contributed by atoms with Crippen molar-refractivity contribution in [1.82, 2.24) is 4.90 Å². The van der Waals surface area contributed by atoms with Gasteiger partial charge in [-0.05, 0) is 30.0 Å². The van der Waals surface area contributed by atoms with Gasteiger partial charge in [0, 0.05) is 25.2 Å². The van der Waals surface area contributed by atoms with Gasteiger partial charge in [0.2, 0.25) is 0 Å². The molecule has 0 bridgehead atoms. The third-order valence-corrected chi connectivity index (χ3v) is 4.09. The topological polar surface area (TPSA) is 12.5 Å². The molecule has 3 rings (SSSR count). The molecule has 1 heterocycles. The number of methoxy groups -OCH3 is 1. The number of hydrogen-bond donors (Lipinski definition) is 0. The lowest BCUT2D eigenvalue weighted by Crippen LogP contribution is -2.32. The lowest BCUT2D eigenvalue weighted by molar-refractivity contribution is 0.251. The maximum absolute atomic E-state index is 5.50. The van der Waals surface area contributed by atoms with Crippen LogP contribution in [-0.4, -0.2) is 25.1 Å². The van der Waals surface area contributed by atoms with E-state index in [0.717, 1.165) is 38.2 Å². The van der Waals surface area contributed by atoms with Crippen molar-refractivity contribution in [3.05, 3.63) is 65.2 Å². The lowest BCUT2D eigenvalue weighted by atomic mass is 9.98. The van der Waals surface area contributed by atoms with E-state index in [9.17, 15) is 0 Å². The average Bonchev–Trinajstić information content (AvgIpc) is 2.53. The zero-order chi connectivity index (χ0) is 13.8. The minimum absolute atomic E-state index is 1.01. The number of ether oxygens (including phenoxy) is 1. The summed E-state index contributed by atoms with van der Waals surface area (Å²) in [6, 6.07) is 17.1. The summed E-state index contributed by atoms with van der Waals surface area (Å²) in [7, 11) is 1.76. The van der Waals surface area contributed by atoms with E-state index in [4.69, 9.17) is 4.74 Å². The summed E-state index contributed by atoms with van der Waals surface area (Å²) in [5.74, 6) is 1.03. The molecule has 2 heteroatoms. The molecule has 0 fully saturated rings. The van der Waals surface area contributed by atoms with Crippen molar-refractivity contribution >= 4 is 0 Å². The molecule has 104 valence electrons. The van der Waals surface area contributed by atoms with E-state index in [1.807, 2.05) is 0 Å². The van der Waals surface area contributed by atoms with E-state index >= 15 is 0 Å². The molecule has 20 heavy (non-hydrogen) atoms. The van der Waals surface area contributed by atoms with Gasteiger partial charge in [0.15, 0.2) is 0 Å². The molecule has 2 nitrogen and oxygen atoms in total. The normalized spacial score (nSPS) is 14.8. The van der Waals surface area contributed by atoms with Gasteiger partial charge in [0.1, 0.15) is 5.75 Å². The number of rotatable bonds is 4. The van der Waals surface area contributed by atoms with Crippen molar-refractivity contribution in [3.63, 3.8) is 0 Å². The van der Waals surface area contributed by atoms with Crippen LogP contribution in [0.25, 0.3) is 0 Å². The largest absolute Gasteiger partial charge is 0.496 e. The van der Waals surface area contributed by atoms with Crippen LogP contribution in [0.15, 0.2) is 48.5 Å². The smallest absolute Gasteiger partial charge is 0.123 e.